The SMILES string of the molecule is Cc1ccnc(C(C)C)c1-n1c(=O)[nH]c(=O)c2c(F)cc(Br)cc21. The van der Waals surface area contributed by atoms with Crippen LogP contribution in [0.4, 0.5) is 4.39 Å². The van der Waals surface area contributed by atoms with Crippen molar-refractivity contribution in [2.75, 3.05) is 0 Å². The fraction of sp³-hybridized carbons (Fsp3) is 0.235. The lowest BCUT2D eigenvalue weighted by atomic mass is 10.0. The van der Waals surface area contributed by atoms with Gasteiger partial charge in [0.15, 0.2) is 0 Å². The van der Waals surface area contributed by atoms with Gasteiger partial charge in [-0.05, 0) is 36.6 Å². The molecule has 2 aromatic heterocycles. The Labute approximate surface area is 145 Å². The van der Waals surface area contributed by atoms with Gasteiger partial charge in [0.1, 0.15) is 5.82 Å². The van der Waals surface area contributed by atoms with Gasteiger partial charge in [0.2, 0.25) is 0 Å². The van der Waals surface area contributed by atoms with Gasteiger partial charge in [-0.2, -0.15) is 0 Å². The van der Waals surface area contributed by atoms with Crippen molar-refractivity contribution in [3.05, 3.63) is 66.8 Å². The minimum absolute atomic E-state index is 0.0470. The second kappa shape index (κ2) is 5.98. The lowest BCUT2D eigenvalue weighted by Gasteiger charge is -2.18. The van der Waals surface area contributed by atoms with E-state index in [0.29, 0.717) is 15.9 Å². The molecule has 0 saturated heterocycles. The molecule has 0 fully saturated rings. The summed E-state index contributed by atoms with van der Waals surface area (Å²) in [5.74, 6) is -0.646. The Morgan fingerprint density at radius 3 is 2.67 bits per heavy atom. The summed E-state index contributed by atoms with van der Waals surface area (Å²) in [5, 5.41) is -0.157. The highest BCUT2D eigenvalue weighted by Crippen LogP contribution is 2.27. The predicted octanol–water partition coefficient (Wildman–Crippen LogP) is 3.41. The van der Waals surface area contributed by atoms with Crippen molar-refractivity contribution in [1.29, 1.82) is 0 Å². The number of H-pyrrole nitrogens is 1. The molecule has 124 valence electrons. The fourth-order valence-corrected chi connectivity index (χ4v) is 3.21. The molecule has 5 nitrogen and oxygen atoms in total. The van der Waals surface area contributed by atoms with E-state index in [2.05, 4.69) is 25.9 Å². The molecule has 0 saturated carbocycles. The molecule has 0 aliphatic carbocycles. The second-order valence-corrected chi connectivity index (χ2v) is 6.81. The third kappa shape index (κ3) is 2.58. The number of pyridine rings is 1. The molecule has 7 heteroatoms. The van der Waals surface area contributed by atoms with Crippen molar-refractivity contribution in [1.82, 2.24) is 14.5 Å². The first-order chi connectivity index (χ1) is 11.3. The van der Waals surface area contributed by atoms with Crippen LogP contribution in [0.1, 0.15) is 31.0 Å². The van der Waals surface area contributed by atoms with E-state index in [-0.39, 0.29) is 16.8 Å². The van der Waals surface area contributed by atoms with E-state index >= 15 is 0 Å². The number of benzene rings is 1. The summed E-state index contributed by atoms with van der Waals surface area (Å²) in [6.45, 7) is 5.77. The lowest BCUT2D eigenvalue weighted by molar-refractivity contribution is 0.636. The summed E-state index contributed by atoms with van der Waals surface area (Å²) in [5.41, 5.74) is 0.909. The zero-order valence-corrected chi connectivity index (χ0v) is 14.9. The molecule has 0 bridgehead atoms. The number of hydrogen-bond acceptors (Lipinski definition) is 3. The van der Waals surface area contributed by atoms with Crippen molar-refractivity contribution in [2.24, 2.45) is 0 Å². The predicted molar refractivity (Wildman–Crippen MR) is 94.4 cm³/mol. The topological polar surface area (TPSA) is 67.8 Å². The summed E-state index contributed by atoms with van der Waals surface area (Å²) in [7, 11) is 0. The van der Waals surface area contributed by atoms with Gasteiger partial charge in [0.05, 0.1) is 22.3 Å². The smallest absolute Gasteiger partial charge is 0.273 e. The molecule has 0 aliphatic heterocycles. The summed E-state index contributed by atoms with van der Waals surface area (Å²) in [6, 6.07) is 4.54. The van der Waals surface area contributed by atoms with E-state index in [9.17, 15) is 14.0 Å². The van der Waals surface area contributed by atoms with E-state index in [1.807, 2.05) is 20.8 Å². The fourth-order valence-electron chi connectivity index (χ4n) is 2.79. The third-order valence-electron chi connectivity index (χ3n) is 3.85. The lowest BCUT2D eigenvalue weighted by Crippen LogP contribution is -2.31. The average Bonchev–Trinajstić information content (AvgIpc) is 2.47. The molecule has 3 rings (SSSR count). The number of rotatable bonds is 2. The molecule has 1 aromatic carbocycles. The van der Waals surface area contributed by atoms with Gasteiger partial charge in [0.25, 0.3) is 5.56 Å². The monoisotopic (exact) mass is 391 g/mol. The number of fused-ring (bicyclic) bond motifs is 1. The maximum atomic E-state index is 14.3. The van der Waals surface area contributed by atoms with E-state index in [0.717, 1.165) is 5.56 Å². The number of aromatic amines is 1. The normalized spacial score (nSPS) is 11.4. The minimum Gasteiger partial charge on any atom is -0.273 e. The van der Waals surface area contributed by atoms with Crippen LogP contribution in [0.15, 0.2) is 38.5 Å². The highest BCUT2D eigenvalue weighted by molar-refractivity contribution is 9.10. The summed E-state index contributed by atoms with van der Waals surface area (Å²) >= 11 is 3.22. The number of nitrogens with zero attached hydrogens (tertiary/aromatic N) is 2. The van der Waals surface area contributed by atoms with Gasteiger partial charge >= 0.3 is 5.69 Å². The molecule has 24 heavy (non-hydrogen) atoms. The molecule has 0 unspecified atom stereocenters. The Morgan fingerprint density at radius 1 is 1.29 bits per heavy atom. The first-order valence-corrected chi connectivity index (χ1v) is 8.20. The van der Waals surface area contributed by atoms with Crippen LogP contribution in [0.3, 0.4) is 0 Å². The Morgan fingerprint density at radius 2 is 2.00 bits per heavy atom. The Balaban J connectivity index is 2.59. The van der Waals surface area contributed by atoms with Gasteiger partial charge in [-0.25, -0.2) is 9.18 Å². The molecular formula is C17H15BrFN3O2. The number of aryl methyl sites for hydroxylation is 1. The Kier molecular flexibility index (Phi) is 4.13. The molecule has 0 atom stereocenters. The third-order valence-corrected chi connectivity index (χ3v) is 4.31. The molecule has 0 spiro atoms. The summed E-state index contributed by atoms with van der Waals surface area (Å²) in [6.07, 6.45) is 1.67. The highest BCUT2D eigenvalue weighted by atomic mass is 79.9. The zero-order chi connectivity index (χ0) is 17.6. The summed E-state index contributed by atoms with van der Waals surface area (Å²) < 4.78 is 16.1. The maximum Gasteiger partial charge on any atom is 0.333 e. The van der Waals surface area contributed by atoms with Crippen LogP contribution in [0.2, 0.25) is 0 Å². The van der Waals surface area contributed by atoms with Crippen molar-refractivity contribution in [3.8, 4) is 5.69 Å². The number of halogens is 2. The van der Waals surface area contributed by atoms with E-state index < -0.39 is 17.1 Å². The maximum absolute atomic E-state index is 14.3. The first-order valence-electron chi connectivity index (χ1n) is 7.41. The average molecular weight is 392 g/mol. The number of hydrogen-bond donors (Lipinski definition) is 1. The van der Waals surface area contributed by atoms with Crippen molar-refractivity contribution in [3.63, 3.8) is 0 Å². The van der Waals surface area contributed by atoms with Gasteiger partial charge in [-0.15, -0.1) is 0 Å². The van der Waals surface area contributed by atoms with E-state index in [1.54, 1.807) is 18.3 Å². The number of aromatic nitrogens is 3. The first kappa shape index (κ1) is 16.6. The van der Waals surface area contributed by atoms with Crippen LogP contribution in [-0.2, 0) is 0 Å². The Bertz CT molecular complexity index is 1070. The van der Waals surface area contributed by atoms with Crippen LogP contribution in [0.5, 0.6) is 0 Å². The largest absolute Gasteiger partial charge is 0.333 e. The Hall–Kier alpha value is -2.28. The van der Waals surface area contributed by atoms with Crippen LogP contribution in [-0.4, -0.2) is 14.5 Å². The zero-order valence-electron chi connectivity index (χ0n) is 13.4. The van der Waals surface area contributed by atoms with Crippen LogP contribution < -0.4 is 11.2 Å². The molecule has 0 amide bonds. The van der Waals surface area contributed by atoms with Gasteiger partial charge < -0.3 is 0 Å². The molecular weight excluding hydrogens is 377 g/mol. The minimum atomic E-state index is -0.746. The van der Waals surface area contributed by atoms with Gasteiger partial charge in [-0.3, -0.25) is 19.3 Å². The van der Waals surface area contributed by atoms with Gasteiger partial charge in [-0.1, -0.05) is 29.8 Å². The van der Waals surface area contributed by atoms with E-state index in [4.69, 9.17) is 0 Å². The van der Waals surface area contributed by atoms with E-state index in [1.165, 1.54) is 10.6 Å². The summed E-state index contributed by atoms with van der Waals surface area (Å²) in [4.78, 5) is 31.2. The second-order valence-electron chi connectivity index (χ2n) is 5.89. The molecule has 0 radical (unpaired) electrons. The molecule has 0 aliphatic rings. The van der Waals surface area contributed by atoms with Crippen LogP contribution >= 0.6 is 15.9 Å². The van der Waals surface area contributed by atoms with Crippen molar-refractivity contribution < 1.29 is 4.39 Å². The molecule has 3 aromatic rings. The standard InChI is InChI=1S/C17H15BrFN3O2/c1-8(2)14-15(9(3)4-5-20-14)22-12-7-10(18)6-11(19)13(12)16(23)21-17(22)24/h4-8H,1-3H3,(H,21,23,24). The quantitative estimate of drug-likeness (QED) is 0.727. The van der Waals surface area contributed by atoms with Crippen LogP contribution in [0.25, 0.3) is 16.6 Å². The molecule has 2 heterocycles. The highest BCUT2D eigenvalue weighted by Gasteiger charge is 2.19. The number of nitrogens with one attached hydrogen (secondary N) is 1. The van der Waals surface area contributed by atoms with Crippen molar-refractivity contribution in [2.45, 2.75) is 26.7 Å². The van der Waals surface area contributed by atoms with Gasteiger partial charge in [0, 0.05) is 10.7 Å². The molecule has 1 N–H and O–H groups in total. The van der Waals surface area contributed by atoms with Crippen molar-refractivity contribution >= 4 is 26.8 Å². The van der Waals surface area contributed by atoms with Crippen LogP contribution in [0, 0.1) is 12.7 Å².